The van der Waals surface area contributed by atoms with Gasteiger partial charge < -0.3 is 9.26 Å². The van der Waals surface area contributed by atoms with Crippen molar-refractivity contribution in [2.75, 3.05) is 6.61 Å². The number of hydrogen-bond acceptors (Lipinski definition) is 5. The summed E-state index contributed by atoms with van der Waals surface area (Å²) in [6.07, 6.45) is 0. The maximum absolute atomic E-state index is 12.5. The number of rotatable bonds is 5. The number of halogens is 1. The van der Waals surface area contributed by atoms with Gasteiger partial charge in [-0.15, -0.1) is 0 Å². The first-order chi connectivity index (χ1) is 12.4. The van der Waals surface area contributed by atoms with Gasteiger partial charge in [0, 0.05) is 26.6 Å². The number of benzene rings is 1. The van der Waals surface area contributed by atoms with Crippen LogP contribution in [0.3, 0.4) is 0 Å². The van der Waals surface area contributed by atoms with E-state index in [9.17, 15) is 9.59 Å². The van der Waals surface area contributed by atoms with E-state index in [4.69, 9.17) is 9.26 Å². The lowest BCUT2D eigenvalue weighted by Crippen LogP contribution is -2.15. The van der Waals surface area contributed by atoms with Gasteiger partial charge in [0.15, 0.2) is 12.4 Å². The Labute approximate surface area is 164 Å². The number of carbonyl (C=O) groups is 2. The third kappa shape index (κ3) is 3.72. The molecule has 0 saturated heterocycles. The first-order valence-corrected chi connectivity index (χ1v) is 9.03. The van der Waals surface area contributed by atoms with E-state index in [-0.39, 0.29) is 12.4 Å². The van der Waals surface area contributed by atoms with Crippen LogP contribution in [0, 0.1) is 24.3 Å². The quantitative estimate of drug-likeness (QED) is 0.324. The lowest BCUT2D eigenvalue weighted by molar-refractivity contribution is 0.0474. The van der Waals surface area contributed by atoms with Crippen molar-refractivity contribution in [3.63, 3.8) is 0 Å². The first-order valence-electron chi connectivity index (χ1n) is 7.95. The van der Waals surface area contributed by atoms with Gasteiger partial charge in [0.25, 0.3) is 0 Å². The van der Waals surface area contributed by atoms with Gasteiger partial charge in [0.2, 0.25) is 5.78 Å². The van der Waals surface area contributed by atoms with Crippen LogP contribution in [0.2, 0.25) is 0 Å². The smallest absolute Gasteiger partial charge is 0.338 e. The molecule has 0 N–H and O–H groups in total. The van der Waals surface area contributed by atoms with Gasteiger partial charge in [-0.3, -0.25) is 9.36 Å². The summed E-state index contributed by atoms with van der Waals surface area (Å²) in [6, 6.07) is 10.6. The number of esters is 1. The largest absolute Gasteiger partial charge is 0.454 e. The summed E-state index contributed by atoms with van der Waals surface area (Å²) in [7, 11) is 0. The van der Waals surface area contributed by atoms with Gasteiger partial charge in [-0.2, -0.15) is 0 Å². The summed E-state index contributed by atoms with van der Waals surface area (Å²) in [5.74, 6) is 0.528. The number of Topliss-reactive ketones (excluding diaryl/α,β-unsaturated/α-hetero) is 1. The lowest BCUT2D eigenvalue weighted by Gasteiger charge is -2.06. The molecule has 0 radical (unpaired) electrons. The Kier molecular flexibility index (Phi) is 5.26. The van der Waals surface area contributed by atoms with Crippen LogP contribution < -0.4 is 0 Å². The minimum Gasteiger partial charge on any atom is -0.454 e. The highest BCUT2D eigenvalue weighted by Crippen LogP contribution is 2.21. The molecule has 3 rings (SSSR count). The number of ketones is 1. The minimum atomic E-state index is -0.516. The molecule has 0 aliphatic heterocycles. The second-order valence-electron chi connectivity index (χ2n) is 5.93. The van der Waals surface area contributed by atoms with E-state index in [0.29, 0.717) is 22.7 Å². The molecule has 0 aliphatic rings. The van der Waals surface area contributed by atoms with E-state index in [1.807, 2.05) is 24.5 Å². The molecule has 0 aliphatic carbocycles. The fourth-order valence-corrected chi connectivity index (χ4v) is 3.31. The molecule has 7 heteroatoms. The Morgan fingerprint density at radius 3 is 2.62 bits per heavy atom. The number of ether oxygens (including phenoxy) is 1. The highest BCUT2D eigenvalue weighted by Gasteiger charge is 2.20. The molecule has 26 heavy (non-hydrogen) atoms. The second kappa shape index (κ2) is 7.45. The molecule has 0 bridgehead atoms. The SMILES string of the molecule is Cc1cc(-n2c(C)cc(C(=O)COC(=O)c3cccc(I)c3)c2C)no1. The molecule has 1 aromatic carbocycles. The minimum absolute atomic E-state index is 0.261. The second-order valence-corrected chi connectivity index (χ2v) is 7.17. The Bertz CT molecular complexity index is 987. The molecule has 2 aromatic heterocycles. The van der Waals surface area contributed by atoms with E-state index in [2.05, 4.69) is 27.7 Å². The van der Waals surface area contributed by atoms with Crippen LogP contribution in [0.25, 0.3) is 5.82 Å². The number of nitrogens with zero attached hydrogens (tertiary/aromatic N) is 2. The summed E-state index contributed by atoms with van der Waals surface area (Å²) in [6.45, 7) is 5.20. The zero-order valence-corrected chi connectivity index (χ0v) is 16.7. The number of aryl methyl sites for hydroxylation is 2. The normalized spacial score (nSPS) is 10.8. The fraction of sp³-hybridized carbons (Fsp3) is 0.211. The predicted molar refractivity (Wildman–Crippen MR) is 104 cm³/mol. The summed E-state index contributed by atoms with van der Waals surface area (Å²) < 4.78 is 13.1. The Balaban J connectivity index is 1.75. The summed E-state index contributed by atoms with van der Waals surface area (Å²) in [4.78, 5) is 24.6. The molecule has 2 heterocycles. The van der Waals surface area contributed by atoms with Crippen LogP contribution in [0.15, 0.2) is 40.9 Å². The lowest BCUT2D eigenvalue weighted by atomic mass is 10.1. The number of aromatic nitrogens is 2. The monoisotopic (exact) mass is 464 g/mol. The Hall–Kier alpha value is -2.42. The van der Waals surface area contributed by atoms with Crippen molar-refractivity contribution in [2.24, 2.45) is 0 Å². The van der Waals surface area contributed by atoms with Crippen molar-refractivity contribution in [1.29, 1.82) is 0 Å². The van der Waals surface area contributed by atoms with Crippen LogP contribution in [0.5, 0.6) is 0 Å². The summed E-state index contributed by atoms with van der Waals surface area (Å²) in [5, 5.41) is 3.99. The molecular formula is C19H17IN2O4. The average Bonchev–Trinajstić information content (AvgIpc) is 3.15. The van der Waals surface area contributed by atoms with E-state index in [0.717, 1.165) is 15.0 Å². The highest BCUT2D eigenvalue weighted by molar-refractivity contribution is 14.1. The van der Waals surface area contributed by atoms with Crippen molar-refractivity contribution < 1.29 is 18.8 Å². The van der Waals surface area contributed by atoms with Gasteiger partial charge in [-0.25, -0.2) is 4.79 Å². The zero-order chi connectivity index (χ0) is 18.8. The number of carbonyl (C=O) groups excluding carboxylic acids is 2. The van der Waals surface area contributed by atoms with Gasteiger partial charge in [0.05, 0.1) is 5.56 Å². The van der Waals surface area contributed by atoms with Gasteiger partial charge in [-0.05, 0) is 67.6 Å². The van der Waals surface area contributed by atoms with Crippen LogP contribution in [0.1, 0.15) is 37.9 Å². The van der Waals surface area contributed by atoms with Gasteiger partial charge in [0.1, 0.15) is 5.76 Å². The maximum Gasteiger partial charge on any atom is 0.338 e. The zero-order valence-electron chi connectivity index (χ0n) is 14.6. The standard InChI is InChI=1S/C19H17IN2O4/c1-11-7-16(13(3)22(11)18-8-12(2)26-21-18)17(23)10-25-19(24)14-5-4-6-15(20)9-14/h4-9H,10H2,1-3H3. The van der Waals surface area contributed by atoms with E-state index >= 15 is 0 Å². The molecule has 0 spiro atoms. The molecule has 0 atom stereocenters. The first kappa shape index (κ1) is 18.4. The van der Waals surface area contributed by atoms with Crippen LogP contribution in [-0.2, 0) is 4.74 Å². The molecule has 0 saturated carbocycles. The van der Waals surface area contributed by atoms with E-state index in [1.54, 1.807) is 37.3 Å². The molecule has 0 amide bonds. The molecule has 134 valence electrons. The third-order valence-electron chi connectivity index (χ3n) is 3.97. The topological polar surface area (TPSA) is 74.3 Å². The number of hydrogen-bond donors (Lipinski definition) is 0. The molecule has 0 fully saturated rings. The van der Waals surface area contributed by atoms with Crippen molar-refractivity contribution >= 4 is 34.3 Å². The van der Waals surface area contributed by atoms with Crippen molar-refractivity contribution in [2.45, 2.75) is 20.8 Å². The van der Waals surface area contributed by atoms with E-state index < -0.39 is 5.97 Å². The summed E-state index contributed by atoms with van der Waals surface area (Å²) in [5.41, 5.74) is 2.50. The van der Waals surface area contributed by atoms with Crippen LogP contribution in [-0.4, -0.2) is 28.1 Å². The van der Waals surface area contributed by atoms with Gasteiger partial charge in [-0.1, -0.05) is 11.2 Å². The molecule has 3 aromatic rings. The molecule has 0 unspecified atom stereocenters. The van der Waals surface area contributed by atoms with Crippen molar-refractivity contribution in [3.05, 3.63) is 68.2 Å². The molecular weight excluding hydrogens is 447 g/mol. The summed E-state index contributed by atoms with van der Waals surface area (Å²) >= 11 is 2.12. The van der Waals surface area contributed by atoms with Crippen molar-refractivity contribution in [3.8, 4) is 5.82 Å². The predicted octanol–water partition coefficient (Wildman–Crippen LogP) is 4.03. The van der Waals surface area contributed by atoms with Crippen LogP contribution >= 0.6 is 22.6 Å². The Morgan fingerprint density at radius 1 is 1.19 bits per heavy atom. The Morgan fingerprint density at radius 2 is 1.96 bits per heavy atom. The molecule has 6 nitrogen and oxygen atoms in total. The van der Waals surface area contributed by atoms with Gasteiger partial charge >= 0.3 is 5.97 Å². The average molecular weight is 464 g/mol. The fourth-order valence-electron chi connectivity index (χ4n) is 2.76. The van der Waals surface area contributed by atoms with E-state index in [1.165, 1.54) is 0 Å². The van der Waals surface area contributed by atoms with Crippen molar-refractivity contribution in [1.82, 2.24) is 9.72 Å². The van der Waals surface area contributed by atoms with Crippen LogP contribution in [0.4, 0.5) is 0 Å². The highest BCUT2D eigenvalue weighted by atomic mass is 127. The third-order valence-corrected chi connectivity index (χ3v) is 4.64. The maximum atomic E-state index is 12.5.